The smallest absolute Gasteiger partial charge is 0.107 e. The molecule has 112 valence electrons. The van der Waals surface area contributed by atoms with Crippen molar-refractivity contribution in [1.82, 2.24) is 0 Å². The Balaban J connectivity index is 0.000000172. The summed E-state index contributed by atoms with van der Waals surface area (Å²) in [6.07, 6.45) is 0. The van der Waals surface area contributed by atoms with E-state index in [1.165, 1.54) is 5.56 Å². The number of carboxylic acids is 1. The first-order valence-corrected chi connectivity index (χ1v) is 7.16. The van der Waals surface area contributed by atoms with Gasteiger partial charge in [0.15, 0.2) is 0 Å². The second kappa shape index (κ2) is 7.38. The predicted octanol–water partition coefficient (Wildman–Crippen LogP) is 2.19. The fourth-order valence-corrected chi connectivity index (χ4v) is 2.18. The molecule has 3 nitrogen and oxygen atoms in total. The second-order valence-electron chi connectivity index (χ2n) is 5.13. The second-order valence-corrected chi connectivity index (χ2v) is 5.13. The first-order valence-electron chi connectivity index (χ1n) is 7.16. The Bertz CT molecular complexity index is 746. The Labute approximate surface area is 130 Å². The van der Waals surface area contributed by atoms with Crippen molar-refractivity contribution >= 4 is 16.7 Å². The van der Waals surface area contributed by atoms with Crippen LogP contribution >= 0.6 is 0 Å². The van der Waals surface area contributed by atoms with Gasteiger partial charge in [0.1, 0.15) is 6.04 Å². The average Bonchev–Trinajstić information content (AvgIpc) is 2.55. The largest absolute Gasteiger partial charge is 0.545 e. The van der Waals surface area contributed by atoms with Crippen LogP contribution in [-0.4, -0.2) is 5.97 Å². The monoisotopic (exact) mass is 293 g/mol. The highest BCUT2D eigenvalue weighted by molar-refractivity contribution is 6.02. The third kappa shape index (κ3) is 3.93. The van der Waals surface area contributed by atoms with E-state index in [4.69, 9.17) is 0 Å². The zero-order valence-electron chi connectivity index (χ0n) is 12.5. The fraction of sp³-hybridized carbons (Fsp3) is 0.105. The molecule has 0 amide bonds. The summed E-state index contributed by atoms with van der Waals surface area (Å²) in [4.78, 5) is 10.7. The van der Waals surface area contributed by atoms with Crippen LogP contribution in [0.25, 0.3) is 10.8 Å². The maximum absolute atomic E-state index is 10.7. The topological polar surface area (TPSA) is 67.8 Å². The summed E-state index contributed by atoms with van der Waals surface area (Å²) in [5.74, 6) is -1.13. The van der Waals surface area contributed by atoms with E-state index in [0.29, 0.717) is 6.04 Å². The minimum atomic E-state index is -1.13. The molecule has 0 radical (unpaired) electrons. The minimum Gasteiger partial charge on any atom is -0.545 e. The molecule has 3 rings (SSSR count). The molecule has 3 N–H and O–H groups in total. The highest BCUT2D eigenvalue weighted by Crippen LogP contribution is 2.17. The zero-order chi connectivity index (χ0) is 15.9. The maximum atomic E-state index is 10.7. The standard InChI is InChI=1S/C11H8O2.C8H11N/c12-11(13)10-7-3-5-8-4-1-2-6-9(8)10;1-7(9)8-5-3-2-4-6-8/h1-7H,(H,12,13);2-7H,9H2,1H3/t;7-/m.1/s1. The molecule has 0 spiro atoms. The summed E-state index contributed by atoms with van der Waals surface area (Å²) in [6, 6.07) is 23.2. The minimum absolute atomic E-state index is 0.248. The molecule has 0 saturated carbocycles. The van der Waals surface area contributed by atoms with Gasteiger partial charge in [-0.1, -0.05) is 72.8 Å². The number of carbonyl (C=O) groups excluding carboxylic acids is 1. The molecule has 0 aliphatic rings. The summed E-state index contributed by atoms with van der Waals surface area (Å²) in [5.41, 5.74) is 5.46. The number of benzene rings is 3. The van der Waals surface area contributed by atoms with Crippen molar-refractivity contribution in [2.24, 2.45) is 0 Å². The molecule has 3 aromatic rings. The molecule has 0 unspecified atom stereocenters. The lowest BCUT2D eigenvalue weighted by Gasteiger charge is -2.05. The van der Waals surface area contributed by atoms with Crippen molar-refractivity contribution in [2.45, 2.75) is 13.0 Å². The van der Waals surface area contributed by atoms with E-state index in [-0.39, 0.29) is 5.56 Å². The van der Waals surface area contributed by atoms with Gasteiger partial charge in [-0.15, -0.1) is 0 Å². The van der Waals surface area contributed by atoms with Gasteiger partial charge in [0, 0.05) is 11.1 Å². The van der Waals surface area contributed by atoms with Crippen molar-refractivity contribution in [3.8, 4) is 0 Å². The van der Waals surface area contributed by atoms with Gasteiger partial charge in [-0.3, -0.25) is 0 Å². The first-order chi connectivity index (χ1) is 10.6. The van der Waals surface area contributed by atoms with Crippen molar-refractivity contribution in [1.29, 1.82) is 0 Å². The summed E-state index contributed by atoms with van der Waals surface area (Å²) in [7, 11) is 0. The van der Waals surface area contributed by atoms with Crippen LogP contribution in [0.4, 0.5) is 0 Å². The molecular weight excluding hydrogens is 274 g/mol. The van der Waals surface area contributed by atoms with Crippen LogP contribution < -0.4 is 10.8 Å². The van der Waals surface area contributed by atoms with E-state index in [1.54, 1.807) is 18.2 Å². The number of hydrogen-bond donors (Lipinski definition) is 1. The molecule has 0 aliphatic heterocycles. The molecule has 0 aliphatic carbocycles. The Morgan fingerprint density at radius 3 is 2.09 bits per heavy atom. The molecule has 0 saturated heterocycles. The lowest BCUT2D eigenvalue weighted by molar-refractivity contribution is -0.420. The molecule has 0 aromatic heterocycles. The quantitative estimate of drug-likeness (QED) is 0.787. The highest BCUT2D eigenvalue weighted by Gasteiger charge is 1.99. The van der Waals surface area contributed by atoms with Gasteiger partial charge in [0.05, 0.1) is 5.97 Å². The Hall–Kier alpha value is -2.65. The average molecular weight is 293 g/mol. The predicted molar refractivity (Wildman–Crippen MR) is 86.0 cm³/mol. The van der Waals surface area contributed by atoms with Crippen LogP contribution in [0.15, 0.2) is 72.8 Å². The number of quaternary nitrogens is 1. The number of carboxylic acid groups (broad SMARTS) is 1. The lowest BCUT2D eigenvalue weighted by atomic mass is 10.1. The summed E-state index contributed by atoms with van der Waals surface area (Å²) in [6.45, 7) is 2.09. The zero-order valence-corrected chi connectivity index (χ0v) is 12.5. The van der Waals surface area contributed by atoms with Gasteiger partial charge in [0.25, 0.3) is 0 Å². The Kier molecular flexibility index (Phi) is 5.28. The van der Waals surface area contributed by atoms with E-state index in [0.717, 1.165) is 10.8 Å². The Morgan fingerprint density at radius 1 is 0.909 bits per heavy atom. The van der Waals surface area contributed by atoms with Gasteiger partial charge in [-0.2, -0.15) is 0 Å². The molecular formula is C19H19NO2. The molecule has 0 heterocycles. The van der Waals surface area contributed by atoms with Crippen LogP contribution in [0.3, 0.4) is 0 Å². The van der Waals surface area contributed by atoms with Crippen molar-refractivity contribution in [2.75, 3.05) is 0 Å². The number of fused-ring (bicyclic) bond motifs is 1. The molecule has 3 heteroatoms. The lowest BCUT2D eigenvalue weighted by Crippen LogP contribution is -2.51. The van der Waals surface area contributed by atoms with Crippen molar-refractivity contribution in [3.05, 3.63) is 83.9 Å². The van der Waals surface area contributed by atoms with Gasteiger partial charge in [0.2, 0.25) is 0 Å². The fourth-order valence-electron chi connectivity index (χ4n) is 2.18. The van der Waals surface area contributed by atoms with Crippen LogP contribution in [-0.2, 0) is 0 Å². The van der Waals surface area contributed by atoms with Gasteiger partial charge in [-0.05, 0) is 17.7 Å². The van der Waals surface area contributed by atoms with Crippen LogP contribution in [0.5, 0.6) is 0 Å². The maximum Gasteiger partial charge on any atom is 0.107 e. The SMILES string of the molecule is C[C@@H]([NH3+])c1ccccc1.O=C([O-])c1cccc2ccccc12. The van der Waals surface area contributed by atoms with Crippen LogP contribution in [0.1, 0.15) is 28.9 Å². The van der Waals surface area contributed by atoms with E-state index in [2.05, 4.69) is 24.8 Å². The number of rotatable bonds is 2. The summed E-state index contributed by atoms with van der Waals surface area (Å²) in [5, 5.41) is 12.4. The Morgan fingerprint density at radius 2 is 1.50 bits per heavy atom. The summed E-state index contributed by atoms with van der Waals surface area (Å²) < 4.78 is 0. The van der Waals surface area contributed by atoms with Gasteiger partial charge in [-0.25, -0.2) is 0 Å². The first kappa shape index (κ1) is 15.7. The van der Waals surface area contributed by atoms with Crippen LogP contribution in [0, 0.1) is 0 Å². The van der Waals surface area contributed by atoms with Crippen molar-refractivity contribution in [3.63, 3.8) is 0 Å². The molecule has 3 aromatic carbocycles. The number of carbonyl (C=O) groups is 1. The molecule has 0 bridgehead atoms. The van der Waals surface area contributed by atoms with E-state index >= 15 is 0 Å². The molecule has 0 fully saturated rings. The van der Waals surface area contributed by atoms with Gasteiger partial charge >= 0.3 is 0 Å². The molecule has 22 heavy (non-hydrogen) atoms. The third-order valence-corrected chi connectivity index (χ3v) is 3.38. The highest BCUT2D eigenvalue weighted by atomic mass is 16.4. The number of hydrogen-bond acceptors (Lipinski definition) is 2. The van der Waals surface area contributed by atoms with Gasteiger partial charge < -0.3 is 15.6 Å². The van der Waals surface area contributed by atoms with E-state index in [9.17, 15) is 9.90 Å². The van der Waals surface area contributed by atoms with Crippen LogP contribution in [0.2, 0.25) is 0 Å². The number of aromatic carboxylic acids is 1. The molecule has 1 atom stereocenters. The third-order valence-electron chi connectivity index (χ3n) is 3.38. The normalized spacial score (nSPS) is 11.4. The van der Waals surface area contributed by atoms with Crippen molar-refractivity contribution < 1.29 is 15.6 Å². The van der Waals surface area contributed by atoms with E-state index < -0.39 is 5.97 Å². The van der Waals surface area contributed by atoms with E-state index in [1.807, 2.05) is 42.5 Å². The summed E-state index contributed by atoms with van der Waals surface area (Å²) >= 11 is 0.